The van der Waals surface area contributed by atoms with Crippen LogP contribution in [0.25, 0.3) is 16.7 Å². The van der Waals surface area contributed by atoms with Crippen LogP contribution in [0.1, 0.15) is 5.56 Å². The zero-order valence-electron chi connectivity index (χ0n) is 13.9. The normalized spacial score (nSPS) is 10.8. The first kappa shape index (κ1) is 15.1. The molecule has 0 saturated heterocycles. The quantitative estimate of drug-likeness (QED) is 0.567. The predicted molar refractivity (Wildman–Crippen MR) is 94.5 cm³/mol. The number of hydrogen-bond donors (Lipinski definition) is 0. The van der Waals surface area contributed by atoms with Gasteiger partial charge in [0.25, 0.3) is 0 Å². The van der Waals surface area contributed by atoms with Crippen molar-refractivity contribution in [3.63, 3.8) is 0 Å². The van der Waals surface area contributed by atoms with Crippen molar-refractivity contribution in [3.8, 4) is 23.1 Å². The van der Waals surface area contributed by atoms with Gasteiger partial charge in [-0.05, 0) is 36.8 Å². The molecule has 0 bridgehead atoms. The number of aryl methyl sites for hydroxylation is 1. The van der Waals surface area contributed by atoms with E-state index in [1.54, 1.807) is 18.0 Å². The molecule has 0 amide bonds. The molecule has 0 radical (unpaired) electrons. The highest BCUT2D eigenvalue weighted by atomic mass is 16.5. The molecule has 6 heteroatoms. The second-order valence-corrected chi connectivity index (χ2v) is 5.56. The highest BCUT2D eigenvalue weighted by Gasteiger charge is 2.14. The second kappa shape index (κ2) is 6.24. The Kier molecular flexibility index (Phi) is 3.78. The molecule has 0 spiro atoms. The lowest BCUT2D eigenvalue weighted by atomic mass is 10.2. The average molecular weight is 332 g/mol. The highest BCUT2D eigenvalue weighted by molar-refractivity contribution is 5.81. The van der Waals surface area contributed by atoms with Crippen LogP contribution < -0.4 is 9.47 Å². The van der Waals surface area contributed by atoms with Crippen LogP contribution in [0.5, 0.6) is 17.4 Å². The van der Waals surface area contributed by atoms with E-state index < -0.39 is 0 Å². The van der Waals surface area contributed by atoms with Crippen molar-refractivity contribution < 1.29 is 9.47 Å². The maximum atomic E-state index is 5.96. The Bertz CT molecular complexity index is 1040. The SMILES string of the molecule is COc1ccccc1Oc1ncnc2c1cnn2-c1cccc(C)c1. The Morgan fingerprint density at radius 1 is 0.960 bits per heavy atom. The molecule has 6 nitrogen and oxygen atoms in total. The maximum absolute atomic E-state index is 5.96. The monoisotopic (exact) mass is 332 g/mol. The number of para-hydroxylation sites is 2. The Hall–Kier alpha value is -3.41. The number of aromatic nitrogens is 4. The fraction of sp³-hybridized carbons (Fsp3) is 0.105. The molecule has 4 aromatic rings. The number of benzene rings is 2. The summed E-state index contributed by atoms with van der Waals surface area (Å²) < 4.78 is 13.1. The van der Waals surface area contributed by atoms with Crippen LogP contribution in [0.4, 0.5) is 0 Å². The van der Waals surface area contributed by atoms with E-state index in [-0.39, 0.29) is 0 Å². The fourth-order valence-corrected chi connectivity index (χ4v) is 2.66. The van der Waals surface area contributed by atoms with Gasteiger partial charge in [-0.1, -0.05) is 24.3 Å². The van der Waals surface area contributed by atoms with Gasteiger partial charge in [0.05, 0.1) is 19.0 Å². The number of nitrogens with zero attached hydrogens (tertiary/aromatic N) is 4. The highest BCUT2D eigenvalue weighted by Crippen LogP contribution is 2.33. The Morgan fingerprint density at radius 2 is 1.80 bits per heavy atom. The lowest BCUT2D eigenvalue weighted by Gasteiger charge is -2.09. The molecular weight excluding hydrogens is 316 g/mol. The zero-order chi connectivity index (χ0) is 17.2. The summed E-state index contributed by atoms with van der Waals surface area (Å²) in [5.74, 6) is 1.67. The molecule has 0 aliphatic heterocycles. The van der Waals surface area contributed by atoms with E-state index in [1.807, 2.05) is 49.4 Å². The van der Waals surface area contributed by atoms with Gasteiger partial charge in [-0.25, -0.2) is 14.6 Å². The first-order chi connectivity index (χ1) is 12.3. The van der Waals surface area contributed by atoms with Crippen LogP contribution in [-0.2, 0) is 0 Å². The second-order valence-electron chi connectivity index (χ2n) is 5.56. The summed E-state index contributed by atoms with van der Waals surface area (Å²) >= 11 is 0. The molecule has 2 aromatic carbocycles. The zero-order valence-corrected chi connectivity index (χ0v) is 13.9. The lowest BCUT2D eigenvalue weighted by Crippen LogP contribution is -1.99. The summed E-state index contributed by atoms with van der Waals surface area (Å²) in [5.41, 5.74) is 2.78. The van der Waals surface area contributed by atoms with E-state index in [4.69, 9.17) is 9.47 Å². The van der Waals surface area contributed by atoms with E-state index in [2.05, 4.69) is 21.1 Å². The largest absolute Gasteiger partial charge is 0.493 e. The third kappa shape index (κ3) is 2.78. The first-order valence-corrected chi connectivity index (χ1v) is 7.83. The standard InChI is InChI=1S/C19H16N4O2/c1-13-6-5-7-14(10-13)23-18-15(11-22-23)19(21-12-20-18)25-17-9-4-3-8-16(17)24-2/h3-12H,1-2H3. The van der Waals surface area contributed by atoms with E-state index in [1.165, 1.54) is 6.33 Å². The van der Waals surface area contributed by atoms with E-state index in [0.29, 0.717) is 23.0 Å². The van der Waals surface area contributed by atoms with Crippen molar-refractivity contribution in [2.45, 2.75) is 6.92 Å². The summed E-state index contributed by atoms with van der Waals surface area (Å²) in [7, 11) is 1.60. The van der Waals surface area contributed by atoms with Crippen LogP contribution in [0, 0.1) is 6.92 Å². The Balaban J connectivity index is 1.79. The van der Waals surface area contributed by atoms with Crippen LogP contribution in [0.2, 0.25) is 0 Å². The van der Waals surface area contributed by atoms with Gasteiger partial charge in [0, 0.05) is 0 Å². The smallest absolute Gasteiger partial charge is 0.233 e. The topological polar surface area (TPSA) is 62.1 Å². The number of methoxy groups -OCH3 is 1. The molecular formula is C19H16N4O2. The number of hydrogen-bond acceptors (Lipinski definition) is 5. The summed E-state index contributed by atoms with van der Waals surface area (Å²) in [4.78, 5) is 8.63. The van der Waals surface area contributed by atoms with Crippen LogP contribution >= 0.6 is 0 Å². The molecule has 4 rings (SSSR count). The molecule has 124 valence electrons. The van der Waals surface area contributed by atoms with Gasteiger partial charge < -0.3 is 9.47 Å². The molecule has 0 fully saturated rings. The molecule has 2 heterocycles. The number of rotatable bonds is 4. The fourth-order valence-electron chi connectivity index (χ4n) is 2.66. The third-order valence-corrected chi connectivity index (χ3v) is 3.85. The maximum Gasteiger partial charge on any atom is 0.233 e. The molecule has 0 unspecified atom stereocenters. The van der Waals surface area contributed by atoms with E-state index >= 15 is 0 Å². The third-order valence-electron chi connectivity index (χ3n) is 3.85. The van der Waals surface area contributed by atoms with Crippen molar-refractivity contribution in [3.05, 3.63) is 66.6 Å². The van der Waals surface area contributed by atoms with Crippen molar-refractivity contribution in [2.75, 3.05) is 7.11 Å². The van der Waals surface area contributed by atoms with Crippen molar-refractivity contribution in [1.82, 2.24) is 19.7 Å². The van der Waals surface area contributed by atoms with Crippen molar-refractivity contribution in [1.29, 1.82) is 0 Å². The summed E-state index contributed by atoms with van der Waals surface area (Å²) in [6.07, 6.45) is 3.18. The molecule has 2 aromatic heterocycles. The van der Waals surface area contributed by atoms with Crippen molar-refractivity contribution in [2.24, 2.45) is 0 Å². The lowest BCUT2D eigenvalue weighted by molar-refractivity contribution is 0.375. The molecule has 0 atom stereocenters. The van der Waals surface area contributed by atoms with Gasteiger partial charge in [-0.15, -0.1) is 0 Å². The van der Waals surface area contributed by atoms with Crippen LogP contribution in [-0.4, -0.2) is 26.9 Å². The number of fused-ring (bicyclic) bond motifs is 1. The predicted octanol–water partition coefficient (Wildman–Crippen LogP) is 3.92. The average Bonchev–Trinajstić information content (AvgIpc) is 3.07. The van der Waals surface area contributed by atoms with Crippen molar-refractivity contribution >= 4 is 11.0 Å². The molecule has 0 N–H and O–H groups in total. The van der Waals surface area contributed by atoms with E-state index in [0.717, 1.165) is 16.6 Å². The summed E-state index contributed by atoms with van der Waals surface area (Å²) in [6, 6.07) is 15.5. The van der Waals surface area contributed by atoms with Gasteiger partial charge in [-0.3, -0.25) is 0 Å². The number of ether oxygens (including phenoxy) is 2. The Labute approximate surface area is 144 Å². The van der Waals surface area contributed by atoms with E-state index in [9.17, 15) is 0 Å². The molecule has 0 aliphatic carbocycles. The summed E-state index contributed by atoms with van der Waals surface area (Å²) in [5, 5.41) is 5.19. The van der Waals surface area contributed by atoms with Gasteiger partial charge in [0.1, 0.15) is 11.7 Å². The minimum atomic E-state index is 0.438. The van der Waals surface area contributed by atoms with Gasteiger partial charge in [0.2, 0.25) is 5.88 Å². The van der Waals surface area contributed by atoms with Gasteiger partial charge >= 0.3 is 0 Å². The van der Waals surface area contributed by atoms with Crippen LogP contribution in [0.15, 0.2) is 61.1 Å². The van der Waals surface area contributed by atoms with Gasteiger partial charge in [0.15, 0.2) is 17.1 Å². The molecule has 0 saturated carbocycles. The minimum Gasteiger partial charge on any atom is -0.493 e. The molecule has 0 aliphatic rings. The molecule has 25 heavy (non-hydrogen) atoms. The first-order valence-electron chi connectivity index (χ1n) is 7.83. The Morgan fingerprint density at radius 3 is 2.60 bits per heavy atom. The minimum absolute atomic E-state index is 0.438. The van der Waals surface area contributed by atoms with Crippen LogP contribution in [0.3, 0.4) is 0 Å². The summed E-state index contributed by atoms with van der Waals surface area (Å²) in [6.45, 7) is 2.04. The van der Waals surface area contributed by atoms with Gasteiger partial charge in [-0.2, -0.15) is 5.10 Å².